The Morgan fingerprint density at radius 2 is 2.28 bits per heavy atom. The summed E-state index contributed by atoms with van der Waals surface area (Å²) in [4.78, 5) is 2.84. The van der Waals surface area contributed by atoms with Crippen molar-refractivity contribution in [2.24, 2.45) is 0 Å². The molecular formula is C13H13BrClNS2. The van der Waals surface area contributed by atoms with Gasteiger partial charge in [-0.1, -0.05) is 11.6 Å². The fourth-order valence-corrected chi connectivity index (χ4v) is 5.22. The highest BCUT2D eigenvalue weighted by Crippen LogP contribution is 2.38. The molecule has 2 aromatic rings. The van der Waals surface area contributed by atoms with E-state index in [1.807, 2.05) is 0 Å². The van der Waals surface area contributed by atoms with Crippen molar-refractivity contribution in [1.82, 2.24) is 5.32 Å². The van der Waals surface area contributed by atoms with Crippen LogP contribution in [0, 0.1) is 0 Å². The van der Waals surface area contributed by atoms with E-state index in [1.165, 1.54) is 38.4 Å². The van der Waals surface area contributed by atoms with E-state index in [-0.39, 0.29) is 0 Å². The van der Waals surface area contributed by atoms with Crippen molar-refractivity contribution in [2.75, 3.05) is 0 Å². The number of thiophene rings is 2. The van der Waals surface area contributed by atoms with Gasteiger partial charge in [0.15, 0.2) is 0 Å². The summed E-state index contributed by atoms with van der Waals surface area (Å²) >= 11 is 13.2. The Balaban J connectivity index is 1.70. The van der Waals surface area contributed by atoms with Crippen molar-refractivity contribution in [3.63, 3.8) is 0 Å². The van der Waals surface area contributed by atoms with Crippen LogP contribution in [0.3, 0.4) is 0 Å². The Morgan fingerprint density at radius 1 is 1.39 bits per heavy atom. The molecular weight excluding hydrogens is 350 g/mol. The van der Waals surface area contributed by atoms with Gasteiger partial charge in [0.1, 0.15) is 0 Å². The Labute approximate surface area is 128 Å². The number of rotatable bonds is 3. The molecule has 1 atom stereocenters. The molecule has 2 aromatic heterocycles. The van der Waals surface area contributed by atoms with E-state index >= 15 is 0 Å². The Hall–Kier alpha value is 0.130. The average Bonchev–Trinajstić information content (AvgIpc) is 2.91. The van der Waals surface area contributed by atoms with Crippen molar-refractivity contribution in [3.8, 4) is 0 Å². The number of hydrogen-bond acceptors (Lipinski definition) is 3. The zero-order valence-corrected chi connectivity index (χ0v) is 13.7. The lowest BCUT2D eigenvalue weighted by atomic mass is 9.94. The second-order valence-corrected chi connectivity index (χ2v) is 8.78. The van der Waals surface area contributed by atoms with Crippen LogP contribution in [0.15, 0.2) is 22.0 Å². The second kappa shape index (κ2) is 5.63. The average molecular weight is 363 g/mol. The van der Waals surface area contributed by atoms with Crippen LogP contribution in [0.1, 0.15) is 34.2 Å². The molecule has 18 heavy (non-hydrogen) atoms. The number of halogens is 2. The normalized spacial score (nSPS) is 18.9. The molecule has 5 heteroatoms. The van der Waals surface area contributed by atoms with Crippen molar-refractivity contribution in [1.29, 1.82) is 0 Å². The Kier molecular flexibility index (Phi) is 4.11. The van der Waals surface area contributed by atoms with E-state index in [2.05, 4.69) is 39.4 Å². The molecule has 0 saturated heterocycles. The summed E-state index contributed by atoms with van der Waals surface area (Å²) in [6.07, 6.45) is 3.66. The van der Waals surface area contributed by atoms with E-state index in [0.29, 0.717) is 6.04 Å². The standard InChI is InChI=1S/C13H13BrClNS2/c14-12-5-4-8(17-12)7-16-10-2-1-3-11-9(10)6-13(15)18-11/h4-6,10,16H,1-3,7H2. The van der Waals surface area contributed by atoms with E-state index < -0.39 is 0 Å². The van der Waals surface area contributed by atoms with E-state index in [9.17, 15) is 0 Å². The van der Waals surface area contributed by atoms with Crippen LogP contribution >= 0.6 is 50.2 Å². The van der Waals surface area contributed by atoms with Crippen LogP contribution in [-0.4, -0.2) is 0 Å². The molecule has 2 heterocycles. The van der Waals surface area contributed by atoms with Crippen molar-refractivity contribution >= 4 is 50.2 Å². The molecule has 0 radical (unpaired) electrons. The topological polar surface area (TPSA) is 12.0 Å². The second-order valence-electron chi connectivity index (χ2n) is 4.46. The van der Waals surface area contributed by atoms with Gasteiger partial charge in [0, 0.05) is 22.3 Å². The summed E-state index contributed by atoms with van der Waals surface area (Å²) in [5, 5.41) is 3.66. The first-order valence-electron chi connectivity index (χ1n) is 5.98. The first-order chi connectivity index (χ1) is 8.72. The number of hydrogen-bond donors (Lipinski definition) is 1. The molecule has 0 fully saturated rings. The van der Waals surface area contributed by atoms with Crippen LogP contribution in [0.25, 0.3) is 0 Å². The van der Waals surface area contributed by atoms with Gasteiger partial charge in [-0.3, -0.25) is 0 Å². The highest BCUT2D eigenvalue weighted by atomic mass is 79.9. The molecule has 1 aliphatic carbocycles. The smallest absolute Gasteiger partial charge is 0.0934 e. The van der Waals surface area contributed by atoms with E-state index in [1.54, 1.807) is 22.7 Å². The van der Waals surface area contributed by atoms with Gasteiger partial charge in [-0.25, -0.2) is 0 Å². The Bertz CT molecular complexity index is 549. The first kappa shape index (κ1) is 13.1. The molecule has 0 bridgehead atoms. The fraction of sp³-hybridized carbons (Fsp3) is 0.385. The minimum Gasteiger partial charge on any atom is -0.305 e. The summed E-state index contributed by atoms with van der Waals surface area (Å²) in [7, 11) is 0. The summed E-state index contributed by atoms with van der Waals surface area (Å²) < 4.78 is 2.12. The van der Waals surface area contributed by atoms with Crippen molar-refractivity contribution in [2.45, 2.75) is 31.8 Å². The lowest BCUT2D eigenvalue weighted by Crippen LogP contribution is -2.23. The summed E-state index contributed by atoms with van der Waals surface area (Å²) in [6.45, 7) is 0.938. The van der Waals surface area contributed by atoms with Crippen LogP contribution < -0.4 is 5.32 Å². The minimum absolute atomic E-state index is 0.471. The molecule has 0 saturated carbocycles. The molecule has 0 aliphatic heterocycles. The zero-order valence-electron chi connectivity index (χ0n) is 9.71. The van der Waals surface area contributed by atoms with Crippen LogP contribution in [0.4, 0.5) is 0 Å². The van der Waals surface area contributed by atoms with Crippen LogP contribution in [0.2, 0.25) is 4.34 Å². The minimum atomic E-state index is 0.471. The van der Waals surface area contributed by atoms with Gasteiger partial charge in [0.2, 0.25) is 0 Å². The van der Waals surface area contributed by atoms with Crippen LogP contribution in [0.5, 0.6) is 0 Å². The van der Waals surface area contributed by atoms with Gasteiger partial charge < -0.3 is 5.32 Å². The maximum Gasteiger partial charge on any atom is 0.0934 e. The van der Waals surface area contributed by atoms with Crippen molar-refractivity contribution in [3.05, 3.63) is 41.6 Å². The maximum atomic E-state index is 6.12. The molecule has 96 valence electrons. The predicted molar refractivity (Wildman–Crippen MR) is 83.9 cm³/mol. The largest absolute Gasteiger partial charge is 0.305 e. The quantitative estimate of drug-likeness (QED) is 0.771. The van der Waals surface area contributed by atoms with E-state index in [4.69, 9.17) is 11.6 Å². The fourth-order valence-electron chi connectivity index (χ4n) is 2.40. The molecule has 0 spiro atoms. The van der Waals surface area contributed by atoms with Gasteiger partial charge in [-0.05, 0) is 59.0 Å². The van der Waals surface area contributed by atoms with Gasteiger partial charge in [0.25, 0.3) is 0 Å². The van der Waals surface area contributed by atoms with E-state index in [0.717, 1.165) is 10.9 Å². The SMILES string of the molecule is Clc1cc2c(s1)CCCC2NCc1ccc(Br)s1. The number of fused-ring (bicyclic) bond motifs is 1. The summed E-state index contributed by atoms with van der Waals surface area (Å²) in [5.74, 6) is 0. The van der Waals surface area contributed by atoms with Gasteiger partial charge in [0.05, 0.1) is 8.12 Å². The van der Waals surface area contributed by atoms with Crippen molar-refractivity contribution < 1.29 is 0 Å². The lowest BCUT2D eigenvalue weighted by Gasteiger charge is -2.23. The molecule has 3 rings (SSSR count). The predicted octanol–water partition coefficient (Wildman–Crippen LogP) is 5.39. The first-order valence-corrected chi connectivity index (χ1v) is 8.78. The highest BCUT2D eigenvalue weighted by Gasteiger charge is 2.22. The lowest BCUT2D eigenvalue weighted by molar-refractivity contribution is 0.465. The number of nitrogens with one attached hydrogen (secondary N) is 1. The highest BCUT2D eigenvalue weighted by molar-refractivity contribution is 9.11. The monoisotopic (exact) mass is 361 g/mol. The van der Waals surface area contributed by atoms with Gasteiger partial charge in [-0.15, -0.1) is 22.7 Å². The molecule has 1 unspecified atom stereocenters. The summed E-state index contributed by atoms with van der Waals surface area (Å²) in [5.41, 5.74) is 1.42. The van der Waals surface area contributed by atoms with Crippen LogP contribution in [-0.2, 0) is 13.0 Å². The maximum absolute atomic E-state index is 6.12. The summed E-state index contributed by atoms with van der Waals surface area (Å²) in [6, 6.07) is 6.89. The third-order valence-corrected chi connectivity index (χ3v) is 6.20. The Morgan fingerprint density at radius 3 is 3.06 bits per heavy atom. The molecule has 1 N–H and O–H groups in total. The number of aryl methyl sites for hydroxylation is 1. The third-order valence-electron chi connectivity index (χ3n) is 3.24. The zero-order chi connectivity index (χ0) is 12.5. The van der Waals surface area contributed by atoms with Gasteiger partial charge in [-0.2, -0.15) is 0 Å². The van der Waals surface area contributed by atoms with Gasteiger partial charge >= 0.3 is 0 Å². The third kappa shape index (κ3) is 2.83. The molecule has 0 aromatic carbocycles. The molecule has 1 nitrogen and oxygen atoms in total. The molecule has 1 aliphatic rings. The molecule has 0 amide bonds.